The van der Waals surface area contributed by atoms with E-state index in [2.05, 4.69) is 5.43 Å². The first-order valence-corrected chi connectivity index (χ1v) is 6.91. The van der Waals surface area contributed by atoms with Crippen LogP contribution in [0, 0.1) is 5.41 Å². The van der Waals surface area contributed by atoms with Gasteiger partial charge in [-0.2, -0.15) is 0 Å². The summed E-state index contributed by atoms with van der Waals surface area (Å²) in [7, 11) is 0. The maximum atomic E-state index is 12.7. The summed E-state index contributed by atoms with van der Waals surface area (Å²) in [4.78, 5) is 35.4. The minimum atomic E-state index is -1.04. The zero-order chi connectivity index (χ0) is 15.6. The van der Waals surface area contributed by atoms with Crippen LogP contribution in [0.1, 0.15) is 43.5 Å². The van der Waals surface area contributed by atoms with Gasteiger partial charge >= 0.3 is 5.97 Å². The number of nitrogens with zero attached hydrogens (tertiary/aromatic N) is 1. The molecule has 0 aliphatic carbocycles. The van der Waals surface area contributed by atoms with Crippen molar-refractivity contribution < 1.29 is 19.5 Å². The molecule has 1 aromatic rings. The molecule has 2 amide bonds. The number of aromatic carboxylic acids is 1. The number of rotatable bonds is 4. The summed E-state index contributed by atoms with van der Waals surface area (Å²) >= 11 is 0. The van der Waals surface area contributed by atoms with Crippen LogP contribution in [0.5, 0.6) is 0 Å². The molecule has 1 fully saturated rings. The Kier molecular flexibility index (Phi) is 3.97. The third-order valence-corrected chi connectivity index (χ3v) is 4.12. The summed E-state index contributed by atoms with van der Waals surface area (Å²) in [5.74, 6) is -1.40. The lowest BCUT2D eigenvalue weighted by Gasteiger charge is -2.40. The van der Waals surface area contributed by atoms with Crippen LogP contribution >= 0.6 is 0 Å². The lowest BCUT2D eigenvalue weighted by Crippen LogP contribution is -2.59. The number of carbonyl (C=O) groups excluding carboxylic acids is 2. The van der Waals surface area contributed by atoms with Crippen LogP contribution in [-0.4, -0.2) is 22.9 Å². The summed E-state index contributed by atoms with van der Waals surface area (Å²) in [5.41, 5.74) is 2.46. The van der Waals surface area contributed by atoms with E-state index in [4.69, 9.17) is 5.11 Å². The highest BCUT2D eigenvalue weighted by Gasteiger charge is 2.45. The molecule has 112 valence electrons. The van der Waals surface area contributed by atoms with Gasteiger partial charge < -0.3 is 5.11 Å². The zero-order valence-corrected chi connectivity index (χ0v) is 12.0. The van der Waals surface area contributed by atoms with Crippen LogP contribution < -0.4 is 10.4 Å². The molecule has 0 saturated carbocycles. The van der Waals surface area contributed by atoms with E-state index in [0.717, 1.165) is 0 Å². The van der Waals surface area contributed by atoms with Crippen LogP contribution in [0.3, 0.4) is 0 Å². The first-order valence-electron chi connectivity index (χ1n) is 6.91. The van der Waals surface area contributed by atoms with Crippen molar-refractivity contribution in [2.24, 2.45) is 5.41 Å². The van der Waals surface area contributed by atoms with Crippen molar-refractivity contribution in [3.8, 4) is 0 Å². The van der Waals surface area contributed by atoms with E-state index in [-0.39, 0.29) is 23.8 Å². The fourth-order valence-corrected chi connectivity index (χ4v) is 2.57. The number of hydrogen-bond donors (Lipinski definition) is 2. The van der Waals surface area contributed by atoms with Crippen molar-refractivity contribution in [1.29, 1.82) is 0 Å². The predicted octanol–water partition coefficient (Wildman–Crippen LogP) is 1.96. The van der Waals surface area contributed by atoms with E-state index in [0.29, 0.717) is 18.5 Å². The molecule has 0 atom stereocenters. The smallest absolute Gasteiger partial charge is 0.335 e. The van der Waals surface area contributed by atoms with Gasteiger partial charge in [-0.05, 0) is 37.1 Å². The van der Waals surface area contributed by atoms with E-state index >= 15 is 0 Å². The third-order valence-electron chi connectivity index (χ3n) is 4.12. The van der Waals surface area contributed by atoms with Crippen molar-refractivity contribution in [3.63, 3.8) is 0 Å². The van der Waals surface area contributed by atoms with E-state index < -0.39 is 11.4 Å². The quantitative estimate of drug-likeness (QED) is 0.887. The highest BCUT2D eigenvalue weighted by Crippen LogP contribution is 2.36. The summed E-state index contributed by atoms with van der Waals surface area (Å²) in [5, 5.41) is 10.1. The molecule has 0 aromatic heterocycles. The molecule has 1 aromatic carbocycles. The lowest BCUT2D eigenvalue weighted by atomic mass is 9.76. The molecule has 0 spiro atoms. The summed E-state index contributed by atoms with van der Waals surface area (Å²) < 4.78 is 0. The van der Waals surface area contributed by atoms with Gasteiger partial charge in [0.15, 0.2) is 0 Å². The predicted molar refractivity (Wildman–Crippen MR) is 76.7 cm³/mol. The Balaban J connectivity index is 2.35. The maximum Gasteiger partial charge on any atom is 0.335 e. The van der Waals surface area contributed by atoms with Crippen molar-refractivity contribution in [2.45, 2.75) is 33.1 Å². The normalized spacial score (nSPS) is 17.5. The topological polar surface area (TPSA) is 86.7 Å². The molecular weight excluding hydrogens is 272 g/mol. The fourth-order valence-electron chi connectivity index (χ4n) is 2.57. The van der Waals surface area contributed by atoms with Crippen LogP contribution in [-0.2, 0) is 9.59 Å². The Morgan fingerprint density at radius 3 is 2.29 bits per heavy atom. The number of carboxylic acid groups (broad SMARTS) is 1. The van der Waals surface area contributed by atoms with Gasteiger partial charge in [0, 0.05) is 6.42 Å². The summed E-state index contributed by atoms with van der Waals surface area (Å²) in [6, 6.07) is 5.85. The molecule has 21 heavy (non-hydrogen) atoms. The lowest BCUT2D eigenvalue weighted by molar-refractivity contribution is -0.141. The van der Waals surface area contributed by atoms with Crippen LogP contribution in [0.25, 0.3) is 0 Å². The Morgan fingerprint density at radius 1 is 1.24 bits per heavy atom. The highest BCUT2D eigenvalue weighted by molar-refractivity contribution is 6.05. The van der Waals surface area contributed by atoms with Crippen molar-refractivity contribution in [2.75, 3.05) is 5.01 Å². The molecule has 2 rings (SSSR count). The first-order chi connectivity index (χ1) is 9.93. The first kappa shape index (κ1) is 15.0. The van der Waals surface area contributed by atoms with Gasteiger partial charge in [-0.3, -0.25) is 15.0 Å². The van der Waals surface area contributed by atoms with Crippen LogP contribution in [0.2, 0.25) is 0 Å². The Bertz CT molecular complexity index is 576. The van der Waals surface area contributed by atoms with E-state index in [1.807, 2.05) is 13.8 Å². The zero-order valence-electron chi connectivity index (χ0n) is 12.0. The molecular formula is C15H18N2O4. The minimum Gasteiger partial charge on any atom is -0.478 e. The number of amides is 2. The number of carbonyl (C=O) groups is 3. The summed E-state index contributed by atoms with van der Waals surface area (Å²) in [6.45, 7) is 3.79. The standard InChI is InChI=1S/C15H18N2O4/c1-3-15(4-2)9-12(18)16-17(14(15)21)11-7-5-10(6-8-11)13(19)20/h5-8H,3-4,9H2,1-2H3,(H,16,18)(H,19,20). The Morgan fingerprint density at radius 2 is 1.81 bits per heavy atom. The highest BCUT2D eigenvalue weighted by atomic mass is 16.4. The van der Waals surface area contributed by atoms with Crippen molar-refractivity contribution in [3.05, 3.63) is 29.8 Å². The van der Waals surface area contributed by atoms with Crippen molar-refractivity contribution in [1.82, 2.24) is 5.43 Å². The molecule has 1 aliphatic heterocycles. The van der Waals surface area contributed by atoms with E-state index in [1.165, 1.54) is 29.3 Å². The number of anilines is 1. The van der Waals surface area contributed by atoms with Gasteiger partial charge in [0.05, 0.1) is 16.7 Å². The van der Waals surface area contributed by atoms with Crippen LogP contribution in [0.4, 0.5) is 5.69 Å². The Labute approximate surface area is 122 Å². The van der Waals surface area contributed by atoms with Gasteiger partial charge in [0.1, 0.15) is 0 Å². The molecule has 1 heterocycles. The molecule has 0 radical (unpaired) electrons. The number of nitrogens with one attached hydrogen (secondary N) is 1. The fraction of sp³-hybridized carbons (Fsp3) is 0.400. The molecule has 6 heteroatoms. The van der Waals surface area contributed by atoms with Gasteiger partial charge in [0.2, 0.25) is 5.91 Å². The minimum absolute atomic E-state index is 0.131. The number of hydrazine groups is 1. The van der Waals surface area contributed by atoms with E-state index in [9.17, 15) is 14.4 Å². The molecule has 0 unspecified atom stereocenters. The van der Waals surface area contributed by atoms with Gasteiger partial charge in [0.25, 0.3) is 5.91 Å². The number of carboxylic acids is 1. The molecule has 2 N–H and O–H groups in total. The summed E-state index contributed by atoms with van der Waals surface area (Å²) in [6.07, 6.45) is 1.35. The molecule has 1 saturated heterocycles. The largest absolute Gasteiger partial charge is 0.478 e. The monoisotopic (exact) mass is 290 g/mol. The second-order valence-corrected chi connectivity index (χ2v) is 5.19. The average Bonchev–Trinajstić information content (AvgIpc) is 2.49. The second kappa shape index (κ2) is 5.55. The number of hydrogen-bond acceptors (Lipinski definition) is 3. The molecule has 6 nitrogen and oxygen atoms in total. The van der Waals surface area contributed by atoms with Gasteiger partial charge in [-0.1, -0.05) is 13.8 Å². The van der Waals surface area contributed by atoms with Gasteiger partial charge in [-0.25, -0.2) is 9.80 Å². The number of benzene rings is 1. The van der Waals surface area contributed by atoms with Gasteiger partial charge in [-0.15, -0.1) is 0 Å². The maximum absolute atomic E-state index is 12.7. The molecule has 0 bridgehead atoms. The molecule has 1 aliphatic rings. The SMILES string of the molecule is CCC1(CC)CC(=O)NN(c2ccc(C(=O)O)cc2)C1=O. The average molecular weight is 290 g/mol. The third kappa shape index (κ3) is 2.61. The Hall–Kier alpha value is -2.37. The second-order valence-electron chi connectivity index (χ2n) is 5.19. The van der Waals surface area contributed by atoms with Crippen molar-refractivity contribution >= 4 is 23.5 Å². The van der Waals surface area contributed by atoms with E-state index in [1.54, 1.807) is 0 Å². The van der Waals surface area contributed by atoms with Crippen LogP contribution in [0.15, 0.2) is 24.3 Å².